The smallest absolute Gasteiger partial charge is 0.241 e. The maximum Gasteiger partial charge on any atom is 0.241 e. The van der Waals surface area contributed by atoms with Crippen LogP contribution >= 0.6 is 0 Å². The van der Waals surface area contributed by atoms with E-state index in [4.69, 9.17) is 4.74 Å². The number of nitrogens with zero attached hydrogens (tertiary/aromatic N) is 2. The van der Waals surface area contributed by atoms with Crippen molar-refractivity contribution in [2.45, 2.75) is 43.7 Å². The van der Waals surface area contributed by atoms with Gasteiger partial charge in [0.15, 0.2) is 0 Å². The Hall–Kier alpha value is -2.01. The SMILES string of the molecule is CC(=O)Nc1ccc(S(=O)(=O)N[C@H](C)C(=O)N2CCN(C[C@H]3CCCO3)CC2)cc1. The number of sulfonamides is 1. The van der Waals surface area contributed by atoms with Gasteiger partial charge in [-0.2, -0.15) is 4.72 Å². The average Bonchev–Trinajstić information content (AvgIpc) is 3.20. The molecule has 2 saturated heterocycles. The summed E-state index contributed by atoms with van der Waals surface area (Å²) in [6.45, 7) is 7.32. The Bertz CT molecular complexity index is 844. The summed E-state index contributed by atoms with van der Waals surface area (Å²) in [5.41, 5.74) is 0.506. The number of amides is 2. The standard InChI is InChI=1S/C20H30N4O5S/c1-15(22-30(27,28)19-7-5-17(6-8-19)21-16(2)25)20(26)24-11-9-23(10-12-24)14-18-4-3-13-29-18/h5-8,15,18,22H,3-4,9-14H2,1-2H3,(H,21,25)/t15-,18-/m1/s1. The van der Waals surface area contributed by atoms with E-state index in [-0.39, 0.29) is 22.8 Å². The van der Waals surface area contributed by atoms with Gasteiger partial charge in [0.1, 0.15) is 0 Å². The van der Waals surface area contributed by atoms with Gasteiger partial charge in [0.2, 0.25) is 21.8 Å². The van der Waals surface area contributed by atoms with Crippen molar-refractivity contribution < 1.29 is 22.7 Å². The maximum atomic E-state index is 12.7. The highest BCUT2D eigenvalue weighted by Gasteiger charge is 2.29. The topological polar surface area (TPSA) is 108 Å². The van der Waals surface area contributed by atoms with Crippen LogP contribution in [-0.2, 0) is 24.3 Å². The van der Waals surface area contributed by atoms with Crippen LogP contribution in [0.4, 0.5) is 5.69 Å². The molecule has 166 valence electrons. The highest BCUT2D eigenvalue weighted by Crippen LogP contribution is 2.16. The number of rotatable bonds is 7. The van der Waals surface area contributed by atoms with Gasteiger partial charge in [-0.15, -0.1) is 0 Å². The van der Waals surface area contributed by atoms with E-state index >= 15 is 0 Å². The molecule has 2 aliphatic heterocycles. The first-order chi connectivity index (χ1) is 14.2. The van der Waals surface area contributed by atoms with Gasteiger partial charge in [0, 0.05) is 51.9 Å². The summed E-state index contributed by atoms with van der Waals surface area (Å²) < 4.78 is 33.4. The van der Waals surface area contributed by atoms with Gasteiger partial charge in [0.25, 0.3) is 0 Å². The summed E-state index contributed by atoms with van der Waals surface area (Å²) in [5.74, 6) is -0.468. The summed E-state index contributed by atoms with van der Waals surface area (Å²) in [5, 5.41) is 2.58. The molecule has 1 aromatic carbocycles. The van der Waals surface area contributed by atoms with E-state index in [0.29, 0.717) is 18.8 Å². The number of hydrogen-bond donors (Lipinski definition) is 2. The maximum absolute atomic E-state index is 12.7. The Morgan fingerprint density at radius 3 is 2.40 bits per heavy atom. The lowest BCUT2D eigenvalue weighted by Crippen LogP contribution is -2.54. The average molecular weight is 439 g/mol. The number of carbonyl (C=O) groups excluding carboxylic acids is 2. The Kier molecular flexibility index (Phi) is 7.45. The number of benzene rings is 1. The molecular weight excluding hydrogens is 408 g/mol. The molecule has 3 rings (SSSR count). The van der Waals surface area contributed by atoms with Crippen LogP contribution in [0.1, 0.15) is 26.7 Å². The molecule has 2 aliphatic rings. The highest BCUT2D eigenvalue weighted by molar-refractivity contribution is 7.89. The molecule has 0 radical (unpaired) electrons. The molecule has 1 aromatic rings. The van der Waals surface area contributed by atoms with Gasteiger partial charge in [-0.3, -0.25) is 14.5 Å². The van der Waals surface area contributed by atoms with Crippen molar-refractivity contribution in [3.8, 4) is 0 Å². The van der Waals surface area contributed by atoms with Crippen LogP contribution in [0.25, 0.3) is 0 Å². The molecule has 30 heavy (non-hydrogen) atoms. The monoisotopic (exact) mass is 438 g/mol. The molecule has 2 N–H and O–H groups in total. The largest absolute Gasteiger partial charge is 0.377 e. The molecule has 0 aromatic heterocycles. The first-order valence-corrected chi connectivity index (χ1v) is 11.8. The number of hydrogen-bond acceptors (Lipinski definition) is 6. The van der Waals surface area contributed by atoms with Crippen molar-refractivity contribution in [2.75, 3.05) is 44.6 Å². The van der Waals surface area contributed by atoms with Crippen molar-refractivity contribution in [1.82, 2.24) is 14.5 Å². The normalized spacial score (nSPS) is 21.4. The molecule has 0 unspecified atom stereocenters. The fourth-order valence-corrected chi connectivity index (χ4v) is 4.97. The van der Waals surface area contributed by atoms with Gasteiger partial charge in [-0.1, -0.05) is 0 Å². The van der Waals surface area contributed by atoms with Crippen molar-refractivity contribution in [1.29, 1.82) is 0 Å². The fourth-order valence-electron chi connectivity index (χ4n) is 3.77. The molecule has 2 atom stereocenters. The molecule has 2 fully saturated rings. The van der Waals surface area contributed by atoms with Gasteiger partial charge < -0.3 is 15.0 Å². The summed E-state index contributed by atoms with van der Waals surface area (Å²) >= 11 is 0. The van der Waals surface area contributed by atoms with Crippen molar-refractivity contribution in [3.63, 3.8) is 0 Å². The number of anilines is 1. The van der Waals surface area contributed by atoms with Crippen LogP contribution in [-0.4, -0.2) is 81.5 Å². The molecule has 9 nitrogen and oxygen atoms in total. The van der Waals surface area contributed by atoms with E-state index in [9.17, 15) is 18.0 Å². The van der Waals surface area contributed by atoms with E-state index in [1.807, 2.05) is 0 Å². The zero-order valence-electron chi connectivity index (χ0n) is 17.5. The molecule has 0 saturated carbocycles. The van der Waals surface area contributed by atoms with Gasteiger partial charge in [-0.05, 0) is 44.0 Å². The number of carbonyl (C=O) groups is 2. The van der Waals surface area contributed by atoms with Crippen LogP contribution in [0.2, 0.25) is 0 Å². The minimum Gasteiger partial charge on any atom is -0.377 e. The number of ether oxygens (including phenoxy) is 1. The second kappa shape index (κ2) is 9.86. The van der Waals surface area contributed by atoms with Crippen LogP contribution in [0.15, 0.2) is 29.2 Å². The fraction of sp³-hybridized carbons (Fsp3) is 0.600. The van der Waals surface area contributed by atoms with Crippen LogP contribution in [0, 0.1) is 0 Å². The lowest BCUT2D eigenvalue weighted by molar-refractivity contribution is -0.134. The third-order valence-electron chi connectivity index (χ3n) is 5.36. The van der Waals surface area contributed by atoms with Gasteiger partial charge >= 0.3 is 0 Å². The molecule has 0 spiro atoms. The third-order valence-corrected chi connectivity index (χ3v) is 6.91. The van der Waals surface area contributed by atoms with E-state index in [1.54, 1.807) is 11.8 Å². The second-order valence-corrected chi connectivity index (χ2v) is 9.52. The van der Waals surface area contributed by atoms with Crippen molar-refractivity contribution in [2.24, 2.45) is 0 Å². The summed E-state index contributed by atoms with van der Waals surface area (Å²) in [7, 11) is -3.85. The second-order valence-electron chi connectivity index (χ2n) is 7.81. The predicted octanol–water partition coefficient (Wildman–Crippen LogP) is 0.635. The minimum absolute atomic E-state index is 0.0395. The third kappa shape index (κ3) is 6.00. The van der Waals surface area contributed by atoms with Gasteiger partial charge in [-0.25, -0.2) is 8.42 Å². The molecule has 2 amide bonds. The van der Waals surface area contributed by atoms with E-state index in [1.165, 1.54) is 31.2 Å². The molecular formula is C20H30N4O5S. The predicted molar refractivity (Wildman–Crippen MR) is 113 cm³/mol. The lowest BCUT2D eigenvalue weighted by Gasteiger charge is -2.36. The van der Waals surface area contributed by atoms with E-state index in [0.717, 1.165) is 39.1 Å². The van der Waals surface area contributed by atoms with E-state index in [2.05, 4.69) is 14.9 Å². The summed E-state index contributed by atoms with van der Waals surface area (Å²) in [6.07, 6.45) is 2.48. The molecule has 0 bridgehead atoms. The summed E-state index contributed by atoms with van der Waals surface area (Å²) in [6, 6.07) is 4.95. The molecule has 10 heteroatoms. The highest BCUT2D eigenvalue weighted by atomic mass is 32.2. The number of piperazine rings is 1. The Labute approximate surface area is 177 Å². The van der Waals surface area contributed by atoms with E-state index < -0.39 is 16.1 Å². The van der Waals surface area contributed by atoms with Crippen molar-refractivity contribution >= 4 is 27.5 Å². The first-order valence-electron chi connectivity index (χ1n) is 10.3. The Morgan fingerprint density at radius 2 is 1.83 bits per heavy atom. The zero-order valence-corrected chi connectivity index (χ0v) is 18.3. The Balaban J connectivity index is 1.51. The zero-order chi connectivity index (χ0) is 21.7. The summed E-state index contributed by atoms with van der Waals surface area (Å²) in [4.78, 5) is 27.9. The van der Waals surface area contributed by atoms with Crippen molar-refractivity contribution in [3.05, 3.63) is 24.3 Å². The molecule has 0 aliphatic carbocycles. The minimum atomic E-state index is -3.85. The van der Waals surface area contributed by atoms with Crippen LogP contribution in [0.5, 0.6) is 0 Å². The van der Waals surface area contributed by atoms with Crippen LogP contribution < -0.4 is 10.0 Å². The Morgan fingerprint density at radius 1 is 1.17 bits per heavy atom. The molecule has 2 heterocycles. The number of nitrogens with one attached hydrogen (secondary N) is 2. The first kappa shape index (κ1) is 22.7. The quantitative estimate of drug-likeness (QED) is 0.647. The lowest BCUT2D eigenvalue weighted by atomic mass is 10.2. The van der Waals surface area contributed by atoms with Gasteiger partial charge in [0.05, 0.1) is 17.0 Å². The van der Waals surface area contributed by atoms with Crippen LogP contribution in [0.3, 0.4) is 0 Å².